The summed E-state index contributed by atoms with van der Waals surface area (Å²) in [5.41, 5.74) is 0.937. The summed E-state index contributed by atoms with van der Waals surface area (Å²) in [5, 5.41) is 23.5. The number of non-ortho nitro benzene ring substituents is 1. The van der Waals surface area contributed by atoms with Crippen LogP contribution in [-0.2, 0) is 4.79 Å². The highest BCUT2D eigenvalue weighted by Crippen LogP contribution is 2.30. The van der Waals surface area contributed by atoms with Gasteiger partial charge in [0.2, 0.25) is 5.91 Å². The number of carbonyl (C=O) groups is 1. The van der Waals surface area contributed by atoms with Gasteiger partial charge in [-0.1, -0.05) is 30.3 Å². The Balaban J connectivity index is 2.50. The van der Waals surface area contributed by atoms with Gasteiger partial charge in [0.1, 0.15) is 5.75 Å². The van der Waals surface area contributed by atoms with Gasteiger partial charge in [0.15, 0.2) is 0 Å². The Hall–Kier alpha value is -2.89. The Morgan fingerprint density at radius 2 is 1.95 bits per heavy atom. The topological polar surface area (TPSA) is 92.5 Å². The standard InChI is InChI=1S/C15H14N2O4/c1-10(18)16-15(13-7-2-3-8-14(13)19)11-5-4-6-12(9-11)17(20)21/h2-9,15,19H,1H3,(H,16,18)/t15-/m1/s1. The van der Waals surface area contributed by atoms with E-state index in [1.165, 1.54) is 25.1 Å². The molecule has 0 aliphatic carbocycles. The predicted octanol–water partition coefficient (Wildman–Crippen LogP) is 2.53. The summed E-state index contributed by atoms with van der Waals surface area (Å²) in [7, 11) is 0. The van der Waals surface area contributed by atoms with Crippen LogP contribution in [0, 0.1) is 10.1 Å². The number of aromatic hydroxyl groups is 1. The summed E-state index contributed by atoms with van der Waals surface area (Å²) >= 11 is 0. The van der Waals surface area contributed by atoms with E-state index in [0.717, 1.165) is 0 Å². The lowest BCUT2D eigenvalue weighted by molar-refractivity contribution is -0.384. The Morgan fingerprint density at radius 3 is 2.57 bits per heavy atom. The number of nitro groups is 1. The number of rotatable bonds is 4. The van der Waals surface area contributed by atoms with Gasteiger partial charge in [-0.25, -0.2) is 0 Å². The quantitative estimate of drug-likeness (QED) is 0.667. The van der Waals surface area contributed by atoms with Gasteiger partial charge >= 0.3 is 0 Å². The van der Waals surface area contributed by atoms with E-state index in [4.69, 9.17) is 0 Å². The van der Waals surface area contributed by atoms with Crippen molar-refractivity contribution in [2.75, 3.05) is 0 Å². The van der Waals surface area contributed by atoms with Crippen LogP contribution < -0.4 is 5.32 Å². The van der Waals surface area contributed by atoms with E-state index in [1.54, 1.807) is 30.3 Å². The molecule has 1 amide bonds. The minimum absolute atomic E-state index is 0.0164. The van der Waals surface area contributed by atoms with Crippen molar-refractivity contribution in [1.29, 1.82) is 0 Å². The van der Waals surface area contributed by atoms with Gasteiger partial charge in [-0.3, -0.25) is 14.9 Å². The van der Waals surface area contributed by atoms with Crippen LogP contribution in [0.4, 0.5) is 5.69 Å². The fourth-order valence-corrected chi connectivity index (χ4v) is 2.09. The molecule has 6 nitrogen and oxygen atoms in total. The number of carbonyl (C=O) groups excluding carboxylic acids is 1. The zero-order valence-electron chi connectivity index (χ0n) is 11.3. The average Bonchev–Trinajstić information content (AvgIpc) is 2.45. The molecule has 2 N–H and O–H groups in total. The molecule has 0 aliphatic rings. The first-order chi connectivity index (χ1) is 9.99. The molecule has 2 aromatic carbocycles. The number of phenolic OH excluding ortho intramolecular Hbond substituents is 1. The first-order valence-corrected chi connectivity index (χ1v) is 6.28. The molecule has 0 bridgehead atoms. The zero-order valence-corrected chi connectivity index (χ0v) is 11.3. The molecule has 0 aromatic heterocycles. The molecular weight excluding hydrogens is 272 g/mol. The number of para-hydroxylation sites is 1. The Morgan fingerprint density at radius 1 is 1.24 bits per heavy atom. The van der Waals surface area contributed by atoms with Gasteiger partial charge in [-0.15, -0.1) is 0 Å². The molecule has 0 spiro atoms. The van der Waals surface area contributed by atoms with Crippen LogP contribution in [0.3, 0.4) is 0 Å². The van der Waals surface area contributed by atoms with Crippen molar-refractivity contribution in [3.63, 3.8) is 0 Å². The molecule has 0 saturated heterocycles. The summed E-state index contributed by atoms with van der Waals surface area (Å²) in [6.45, 7) is 1.35. The smallest absolute Gasteiger partial charge is 0.269 e. The van der Waals surface area contributed by atoms with Crippen LogP contribution in [-0.4, -0.2) is 15.9 Å². The van der Waals surface area contributed by atoms with Crippen LogP contribution in [0.1, 0.15) is 24.1 Å². The second kappa shape index (κ2) is 6.04. The third-order valence-electron chi connectivity index (χ3n) is 3.01. The van der Waals surface area contributed by atoms with Crippen molar-refractivity contribution in [1.82, 2.24) is 5.32 Å². The molecule has 0 unspecified atom stereocenters. The monoisotopic (exact) mass is 286 g/mol. The number of hydrogen-bond acceptors (Lipinski definition) is 4. The third-order valence-corrected chi connectivity index (χ3v) is 3.01. The first-order valence-electron chi connectivity index (χ1n) is 6.28. The molecule has 0 radical (unpaired) electrons. The Bertz CT molecular complexity index is 685. The number of amides is 1. The maximum Gasteiger partial charge on any atom is 0.269 e. The maximum absolute atomic E-state index is 11.4. The van der Waals surface area contributed by atoms with Gasteiger partial charge in [-0.2, -0.15) is 0 Å². The molecule has 0 saturated carbocycles. The second-order valence-electron chi connectivity index (χ2n) is 4.54. The SMILES string of the molecule is CC(=O)N[C@H](c1cccc([N+](=O)[O-])c1)c1ccccc1O. The number of nitrogens with one attached hydrogen (secondary N) is 1. The van der Waals surface area contributed by atoms with Crippen molar-refractivity contribution in [3.05, 3.63) is 69.8 Å². The molecule has 2 rings (SSSR count). The van der Waals surface area contributed by atoms with Gasteiger partial charge in [0, 0.05) is 24.6 Å². The number of nitrogens with zero attached hydrogens (tertiary/aromatic N) is 1. The molecule has 21 heavy (non-hydrogen) atoms. The lowest BCUT2D eigenvalue weighted by Crippen LogP contribution is -2.27. The highest BCUT2D eigenvalue weighted by atomic mass is 16.6. The number of hydrogen-bond donors (Lipinski definition) is 2. The molecule has 6 heteroatoms. The van der Waals surface area contributed by atoms with Crippen molar-refractivity contribution in [2.45, 2.75) is 13.0 Å². The highest BCUT2D eigenvalue weighted by molar-refractivity contribution is 5.74. The molecule has 108 valence electrons. The van der Waals surface area contributed by atoms with Crippen LogP contribution in [0.5, 0.6) is 5.75 Å². The Kier molecular flexibility index (Phi) is 4.18. The lowest BCUT2D eigenvalue weighted by Gasteiger charge is -2.19. The maximum atomic E-state index is 11.4. The molecule has 0 fully saturated rings. The van der Waals surface area contributed by atoms with E-state index in [1.807, 2.05) is 0 Å². The molecule has 0 aliphatic heterocycles. The van der Waals surface area contributed by atoms with Crippen molar-refractivity contribution < 1.29 is 14.8 Å². The largest absolute Gasteiger partial charge is 0.508 e. The summed E-state index contributed by atoms with van der Waals surface area (Å²) in [6.07, 6.45) is 0. The van der Waals surface area contributed by atoms with E-state index >= 15 is 0 Å². The predicted molar refractivity (Wildman–Crippen MR) is 76.9 cm³/mol. The van der Waals surface area contributed by atoms with E-state index in [0.29, 0.717) is 11.1 Å². The summed E-state index contributed by atoms with van der Waals surface area (Å²) in [4.78, 5) is 21.8. The minimum Gasteiger partial charge on any atom is -0.508 e. The van der Waals surface area contributed by atoms with Gasteiger partial charge in [0.25, 0.3) is 5.69 Å². The van der Waals surface area contributed by atoms with Crippen LogP contribution in [0.25, 0.3) is 0 Å². The number of phenols is 1. The van der Waals surface area contributed by atoms with Crippen molar-refractivity contribution >= 4 is 11.6 Å². The number of nitro benzene ring substituents is 1. The molecule has 1 atom stereocenters. The zero-order chi connectivity index (χ0) is 15.4. The fourth-order valence-electron chi connectivity index (χ4n) is 2.09. The van der Waals surface area contributed by atoms with Gasteiger partial charge in [-0.05, 0) is 11.6 Å². The average molecular weight is 286 g/mol. The summed E-state index contributed by atoms with van der Waals surface area (Å²) in [6, 6.07) is 11.9. The summed E-state index contributed by atoms with van der Waals surface area (Å²) < 4.78 is 0. The van der Waals surface area contributed by atoms with Crippen molar-refractivity contribution in [3.8, 4) is 5.75 Å². The molecular formula is C15H14N2O4. The van der Waals surface area contributed by atoms with E-state index in [-0.39, 0.29) is 17.3 Å². The number of benzene rings is 2. The van der Waals surface area contributed by atoms with E-state index in [9.17, 15) is 20.0 Å². The highest BCUT2D eigenvalue weighted by Gasteiger charge is 2.20. The molecule has 0 heterocycles. The Labute approximate surface area is 121 Å². The fraction of sp³-hybridized carbons (Fsp3) is 0.133. The normalized spacial score (nSPS) is 11.7. The lowest BCUT2D eigenvalue weighted by atomic mass is 9.97. The minimum atomic E-state index is -0.649. The van der Waals surface area contributed by atoms with Gasteiger partial charge < -0.3 is 10.4 Å². The van der Waals surface area contributed by atoms with Crippen molar-refractivity contribution in [2.24, 2.45) is 0 Å². The summed E-state index contributed by atoms with van der Waals surface area (Å²) in [5.74, 6) is -0.280. The van der Waals surface area contributed by atoms with Gasteiger partial charge in [0.05, 0.1) is 11.0 Å². The third kappa shape index (κ3) is 3.36. The molecule has 2 aromatic rings. The van der Waals surface area contributed by atoms with Crippen LogP contribution in [0.2, 0.25) is 0 Å². The van der Waals surface area contributed by atoms with Crippen LogP contribution >= 0.6 is 0 Å². The van der Waals surface area contributed by atoms with E-state index < -0.39 is 11.0 Å². The first kappa shape index (κ1) is 14.5. The van der Waals surface area contributed by atoms with Crippen LogP contribution in [0.15, 0.2) is 48.5 Å². The van der Waals surface area contributed by atoms with E-state index in [2.05, 4.69) is 5.32 Å². The second-order valence-corrected chi connectivity index (χ2v) is 4.54.